The number of nitrogens with zero attached hydrogens (tertiary/aromatic N) is 1. The molecule has 5 nitrogen and oxygen atoms in total. The number of likely N-dealkylation sites (tertiary alicyclic amines) is 1. The quantitative estimate of drug-likeness (QED) is 0.689. The summed E-state index contributed by atoms with van der Waals surface area (Å²) in [6, 6.07) is -0.685. The highest BCUT2D eigenvalue weighted by atomic mass is 16.6. The molecule has 2 unspecified atom stereocenters. The van der Waals surface area contributed by atoms with E-state index in [-0.39, 0.29) is 13.0 Å². The van der Waals surface area contributed by atoms with Crippen LogP contribution in [0.2, 0.25) is 0 Å². The number of carbonyl (C=O) groups excluding carboxylic acids is 2. The average molecular weight is 214 g/mol. The molecule has 0 aromatic heterocycles. The fourth-order valence-electron chi connectivity index (χ4n) is 1.45. The van der Waals surface area contributed by atoms with Gasteiger partial charge in [-0.25, -0.2) is 4.79 Å². The monoisotopic (exact) mass is 214 g/mol. The average Bonchev–Trinajstić information content (AvgIpc) is 2.43. The summed E-state index contributed by atoms with van der Waals surface area (Å²) in [5.41, 5.74) is -0.599. The van der Waals surface area contributed by atoms with Crippen molar-refractivity contribution in [2.45, 2.75) is 44.9 Å². The number of amides is 1. The van der Waals surface area contributed by atoms with Crippen LogP contribution in [0, 0.1) is 0 Å². The topological polar surface area (TPSA) is 66.8 Å². The molecule has 1 radical (unpaired) electrons. The summed E-state index contributed by atoms with van der Waals surface area (Å²) < 4.78 is 5.10. The maximum Gasteiger partial charge on any atom is 0.411 e. The van der Waals surface area contributed by atoms with Gasteiger partial charge in [-0.05, 0) is 20.8 Å². The van der Waals surface area contributed by atoms with E-state index in [2.05, 4.69) is 0 Å². The number of aliphatic hydroxyl groups excluding tert-OH is 1. The molecule has 1 heterocycles. The van der Waals surface area contributed by atoms with Gasteiger partial charge in [-0.1, -0.05) is 0 Å². The van der Waals surface area contributed by atoms with Gasteiger partial charge in [-0.15, -0.1) is 0 Å². The summed E-state index contributed by atoms with van der Waals surface area (Å²) in [7, 11) is 0. The normalized spacial score (nSPS) is 26.5. The SMILES string of the molecule is CC(C)(C)OC(=O)N1CC(O)CC1[C]=O. The number of β-amino-alcohol motifs (C(OH)–C–C–N with tert-alkyl or cyclic N) is 1. The first kappa shape index (κ1) is 12.0. The van der Waals surface area contributed by atoms with E-state index in [1.54, 1.807) is 27.1 Å². The van der Waals surface area contributed by atoms with Crippen LogP contribution in [-0.4, -0.2) is 46.7 Å². The minimum Gasteiger partial charge on any atom is -0.444 e. The molecule has 0 aromatic carbocycles. The van der Waals surface area contributed by atoms with Crippen LogP contribution in [0.3, 0.4) is 0 Å². The lowest BCUT2D eigenvalue weighted by Crippen LogP contribution is -2.40. The van der Waals surface area contributed by atoms with E-state index < -0.39 is 23.8 Å². The standard InChI is InChI=1S/C10H16NO4/c1-10(2,3)15-9(14)11-5-8(13)4-7(11)6-12/h7-8,13H,4-5H2,1-3H3. The van der Waals surface area contributed by atoms with Gasteiger partial charge in [0.2, 0.25) is 6.29 Å². The first-order valence-corrected chi connectivity index (χ1v) is 4.89. The minimum absolute atomic E-state index is 0.134. The highest BCUT2D eigenvalue weighted by molar-refractivity contribution is 5.74. The first-order valence-electron chi connectivity index (χ1n) is 4.89. The van der Waals surface area contributed by atoms with Crippen LogP contribution in [0.25, 0.3) is 0 Å². The molecule has 0 aromatic rings. The molecule has 0 spiro atoms. The number of hydrogen-bond donors (Lipinski definition) is 1. The van der Waals surface area contributed by atoms with Crippen LogP contribution in [0.5, 0.6) is 0 Å². The number of carbonyl (C=O) groups is 1. The van der Waals surface area contributed by atoms with Gasteiger partial charge in [0, 0.05) is 6.42 Å². The summed E-state index contributed by atoms with van der Waals surface area (Å²) in [5, 5.41) is 9.32. The molecular formula is C10H16NO4. The van der Waals surface area contributed by atoms with Crippen molar-refractivity contribution in [1.82, 2.24) is 4.90 Å². The Kier molecular flexibility index (Phi) is 3.34. The fraction of sp³-hybridized carbons (Fsp3) is 0.800. The van der Waals surface area contributed by atoms with E-state index in [0.29, 0.717) is 0 Å². The first-order chi connectivity index (χ1) is 6.83. The van der Waals surface area contributed by atoms with E-state index in [1.807, 2.05) is 0 Å². The molecule has 1 rings (SSSR count). The molecule has 1 saturated heterocycles. The van der Waals surface area contributed by atoms with Crippen LogP contribution in [0.15, 0.2) is 0 Å². The molecule has 0 bridgehead atoms. The Hall–Kier alpha value is -1.10. The second kappa shape index (κ2) is 4.18. The highest BCUT2D eigenvalue weighted by Gasteiger charge is 2.37. The summed E-state index contributed by atoms with van der Waals surface area (Å²) >= 11 is 0. The second-order valence-corrected chi connectivity index (χ2v) is 4.66. The van der Waals surface area contributed by atoms with Crippen molar-refractivity contribution >= 4 is 12.4 Å². The van der Waals surface area contributed by atoms with Crippen molar-refractivity contribution in [1.29, 1.82) is 0 Å². The minimum atomic E-state index is -0.685. The van der Waals surface area contributed by atoms with Crippen molar-refractivity contribution in [3.05, 3.63) is 0 Å². The smallest absolute Gasteiger partial charge is 0.411 e. The molecule has 1 amide bonds. The lowest BCUT2D eigenvalue weighted by molar-refractivity contribution is 0.0243. The summed E-state index contributed by atoms with van der Waals surface area (Å²) in [4.78, 5) is 23.3. The van der Waals surface area contributed by atoms with Crippen molar-refractivity contribution in [2.24, 2.45) is 0 Å². The molecular weight excluding hydrogens is 198 g/mol. The fourth-order valence-corrected chi connectivity index (χ4v) is 1.45. The zero-order valence-electron chi connectivity index (χ0n) is 9.19. The molecule has 0 saturated carbocycles. The van der Waals surface area contributed by atoms with E-state index in [1.165, 1.54) is 4.90 Å². The Labute approximate surface area is 89.0 Å². The number of aliphatic hydroxyl groups is 1. The summed E-state index contributed by atoms with van der Waals surface area (Å²) in [6.45, 7) is 5.37. The Morgan fingerprint density at radius 3 is 2.60 bits per heavy atom. The molecule has 1 N–H and O–H groups in total. The molecule has 15 heavy (non-hydrogen) atoms. The molecule has 1 aliphatic heterocycles. The van der Waals surface area contributed by atoms with Gasteiger partial charge in [0.05, 0.1) is 12.6 Å². The third-order valence-electron chi connectivity index (χ3n) is 2.04. The van der Waals surface area contributed by atoms with Crippen molar-refractivity contribution in [3.8, 4) is 0 Å². The van der Waals surface area contributed by atoms with Gasteiger partial charge in [0.25, 0.3) is 0 Å². The zero-order valence-corrected chi connectivity index (χ0v) is 9.19. The van der Waals surface area contributed by atoms with Crippen LogP contribution in [0.1, 0.15) is 27.2 Å². The number of hydrogen-bond acceptors (Lipinski definition) is 4. The van der Waals surface area contributed by atoms with Crippen molar-refractivity contribution < 1.29 is 19.4 Å². The Bertz CT molecular complexity index is 259. The Balaban J connectivity index is 2.63. The Morgan fingerprint density at radius 1 is 1.53 bits per heavy atom. The maximum absolute atomic E-state index is 11.6. The second-order valence-electron chi connectivity index (χ2n) is 4.66. The van der Waals surface area contributed by atoms with Gasteiger partial charge in [0.1, 0.15) is 11.6 Å². The number of ether oxygens (including phenoxy) is 1. The lowest BCUT2D eigenvalue weighted by atomic mass is 10.2. The van der Waals surface area contributed by atoms with E-state index >= 15 is 0 Å². The zero-order chi connectivity index (χ0) is 11.6. The van der Waals surface area contributed by atoms with Gasteiger partial charge >= 0.3 is 6.09 Å². The van der Waals surface area contributed by atoms with Crippen LogP contribution >= 0.6 is 0 Å². The van der Waals surface area contributed by atoms with Crippen LogP contribution < -0.4 is 0 Å². The highest BCUT2D eigenvalue weighted by Crippen LogP contribution is 2.19. The van der Waals surface area contributed by atoms with E-state index in [0.717, 1.165) is 0 Å². The predicted molar refractivity (Wildman–Crippen MR) is 53.0 cm³/mol. The lowest BCUT2D eigenvalue weighted by Gasteiger charge is -2.25. The summed E-state index contributed by atoms with van der Waals surface area (Å²) in [6.07, 6.45) is 0.726. The third-order valence-corrected chi connectivity index (χ3v) is 2.04. The van der Waals surface area contributed by atoms with Gasteiger partial charge in [-0.3, -0.25) is 9.69 Å². The molecule has 5 heteroatoms. The molecule has 0 aliphatic carbocycles. The van der Waals surface area contributed by atoms with Gasteiger partial charge in [0.15, 0.2) is 0 Å². The van der Waals surface area contributed by atoms with Gasteiger partial charge in [-0.2, -0.15) is 0 Å². The molecule has 85 valence electrons. The van der Waals surface area contributed by atoms with Crippen molar-refractivity contribution in [3.63, 3.8) is 0 Å². The molecule has 1 fully saturated rings. The van der Waals surface area contributed by atoms with Crippen molar-refractivity contribution in [2.75, 3.05) is 6.54 Å². The molecule has 2 atom stereocenters. The Morgan fingerprint density at radius 2 is 2.13 bits per heavy atom. The summed E-state index contributed by atoms with van der Waals surface area (Å²) in [5.74, 6) is 0. The predicted octanol–water partition coefficient (Wildman–Crippen LogP) is 0.466. The van der Waals surface area contributed by atoms with Crippen LogP contribution in [-0.2, 0) is 9.53 Å². The van der Waals surface area contributed by atoms with Gasteiger partial charge < -0.3 is 9.84 Å². The third kappa shape index (κ3) is 3.20. The van der Waals surface area contributed by atoms with E-state index in [9.17, 15) is 14.7 Å². The van der Waals surface area contributed by atoms with E-state index in [4.69, 9.17) is 4.74 Å². The largest absolute Gasteiger partial charge is 0.444 e. The molecule has 1 aliphatic rings. The van der Waals surface area contributed by atoms with Crippen LogP contribution in [0.4, 0.5) is 4.79 Å². The maximum atomic E-state index is 11.6. The number of rotatable bonds is 1.